The van der Waals surface area contributed by atoms with Gasteiger partial charge in [0.1, 0.15) is 12.4 Å². The maximum atomic E-state index is 11.9. The zero-order valence-electron chi connectivity index (χ0n) is 15.3. The molecule has 2 amide bonds. The van der Waals surface area contributed by atoms with E-state index in [2.05, 4.69) is 15.6 Å². The highest BCUT2D eigenvalue weighted by atomic mass is 32.1. The average Bonchev–Trinajstić information content (AvgIpc) is 3.27. The molecule has 0 atom stereocenters. The summed E-state index contributed by atoms with van der Waals surface area (Å²) in [5.74, 6) is 0.480. The van der Waals surface area contributed by atoms with Gasteiger partial charge in [-0.15, -0.1) is 0 Å². The molecule has 7 heteroatoms. The van der Waals surface area contributed by atoms with Crippen molar-refractivity contribution in [3.63, 3.8) is 0 Å². The van der Waals surface area contributed by atoms with E-state index in [4.69, 9.17) is 4.74 Å². The summed E-state index contributed by atoms with van der Waals surface area (Å²) in [7, 11) is 0. The molecule has 0 radical (unpaired) electrons. The monoisotopic (exact) mass is 395 g/mol. The van der Waals surface area contributed by atoms with Crippen LogP contribution in [0.2, 0.25) is 0 Å². The van der Waals surface area contributed by atoms with Crippen molar-refractivity contribution in [2.24, 2.45) is 0 Å². The van der Waals surface area contributed by atoms with Crippen LogP contribution < -0.4 is 15.4 Å². The minimum Gasteiger partial charge on any atom is -0.487 e. The van der Waals surface area contributed by atoms with Gasteiger partial charge < -0.3 is 15.4 Å². The standard InChI is InChI=1S/C21H21N3O3S/c25-20(8-11-23-21(26)17-9-12-28-15-17)24-13-16-4-6-19(7-5-16)27-14-18-3-1-2-10-22-18/h1-7,9-10,12,15H,8,11,13-14H2,(H,23,26)(H,24,25). The highest BCUT2D eigenvalue weighted by Gasteiger charge is 2.07. The van der Waals surface area contributed by atoms with E-state index in [1.807, 2.05) is 47.8 Å². The summed E-state index contributed by atoms with van der Waals surface area (Å²) in [6.45, 7) is 1.15. The van der Waals surface area contributed by atoms with Crippen molar-refractivity contribution in [3.05, 3.63) is 82.3 Å². The van der Waals surface area contributed by atoms with Gasteiger partial charge in [-0.1, -0.05) is 18.2 Å². The molecular formula is C21H21N3O3S. The molecule has 0 aliphatic heterocycles. The highest BCUT2D eigenvalue weighted by molar-refractivity contribution is 7.08. The molecular weight excluding hydrogens is 374 g/mol. The number of hydrogen-bond acceptors (Lipinski definition) is 5. The van der Waals surface area contributed by atoms with Crippen LogP contribution in [0.3, 0.4) is 0 Å². The normalized spacial score (nSPS) is 10.3. The maximum absolute atomic E-state index is 11.9. The lowest BCUT2D eigenvalue weighted by Gasteiger charge is -2.08. The molecule has 0 saturated carbocycles. The van der Waals surface area contributed by atoms with Crippen molar-refractivity contribution >= 4 is 23.2 Å². The van der Waals surface area contributed by atoms with E-state index < -0.39 is 0 Å². The number of benzene rings is 1. The van der Waals surface area contributed by atoms with Gasteiger partial charge in [-0.25, -0.2) is 0 Å². The number of amides is 2. The van der Waals surface area contributed by atoms with E-state index >= 15 is 0 Å². The Labute approximate surface area is 167 Å². The number of rotatable bonds is 9. The van der Waals surface area contributed by atoms with Crippen LogP contribution in [-0.2, 0) is 17.9 Å². The van der Waals surface area contributed by atoms with E-state index in [0.717, 1.165) is 17.0 Å². The Kier molecular flexibility index (Phi) is 7.14. The number of hydrogen-bond donors (Lipinski definition) is 2. The maximum Gasteiger partial charge on any atom is 0.252 e. The molecule has 3 rings (SSSR count). The van der Waals surface area contributed by atoms with Gasteiger partial charge in [0.2, 0.25) is 5.91 Å². The van der Waals surface area contributed by atoms with Crippen LogP contribution in [-0.4, -0.2) is 23.3 Å². The average molecular weight is 395 g/mol. The molecule has 0 fully saturated rings. The van der Waals surface area contributed by atoms with Gasteiger partial charge in [-0.2, -0.15) is 11.3 Å². The summed E-state index contributed by atoms with van der Waals surface area (Å²) in [6.07, 6.45) is 1.97. The van der Waals surface area contributed by atoms with Crippen LogP contribution in [0, 0.1) is 0 Å². The molecule has 6 nitrogen and oxygen atoms in total. The van der Waals surface area contributed by atoms with Crippen molar-refractivity contribution < 1.29 is 14.3 Å². The van der Waals surface area contributed by atoms with Crippen LogP contribution in [0.5, 0.6) is 5.75 Å². The van der Waals surface area contributed by atoms with Gasteiger partial charge in [-0.05, 0) is 41.3 Å². The Morgan fingerprint density at radius 1 is 1.04 bits per heavy atom. The Morgan fingerprint density at radius 3 is 2.61 bits per heavy atom. The second kappa shape index (κ2) is 10.2. The third-order valence-corrected chi connectivity index (χ3v) is 4.63. The van der Waals surface area contributed by atoms with E-state index in [0.29, 0.717) is 25.3 Å². The number of nitrogens with zero attached hydrogens (tertiary/aromatic N) is 1. The summed E-state index contributed by atoms with van der Waals surface area (Å²) in [5, 5.41) is 9.20. The highest BCUT2D eigenvalue weighted by Crippen LogP contribution is 2.13. The Morgan fingerprint density at radius 2 is 1.89 bits per heavy atom. The smallest absolute Gasteiger partial charge is 0.252 e. The minimum atomic E-state index is -0.157. The first-order valence-corrected chi connectivity index (χ1v) is 9.84. The van der Waals surface area contributed by atoms with Crippen LogP contribution >= 0.6 is 11.3 Å². The zero-order valence-corrected chi connectivity index (χ0v) is 16.1. The van der Waals surface area contributed by atoms with Crippen LogP contribution in [0.4, 0.5) is 0 Å². The van der Waals surface area contributed by atoms with Crippen LogP contribution in [0.15, 0.2) is 65.5 Å². The lowest BCUT2D eigenvalue weighted by Crippen LogP contribution is -2.30. The lowest BCUT2D eigenvalue weighted by atomic mass is 10.2. The van der Waals surface area contributed by atoms with Gasteiger partial charge in [0.15, 0.2) is 0 Å². The van der Waals surface area contributed by atoms with Crippen molar-refractivity contribution in [3.8, 4) is 5.75 Å². The number of nitrogens with one attached hydrogen (secondary N) is 2. The first-order chi connectivity index (χ1) is 13.7. The number of ether oxygens (including phenoxy) is 1. The van der Waals surface area contributed by atoms with Crippen LogP contribution in [0.1, 0.15) is 28.0 Å². The number of carbonyl (C=O) groups excluding carboxylic acids is 2. The molecule has 28 heavy (non-hydrogen) atoms. The Balaban J connectivity index is 1.35. The molecule has 144 valence electrons. The Bertz CT molecular complexity index is 881. The zero-order chi connectivity index (χ0) is 19.6. The van der Waals surface area contributed by atoms with E-state index in [9.17, 15) is 9.59 Å². The number of pyridine rings is 1. The molecule has 0 unspecified atom stereocenters. The molecule has 2 aromatic heterocycles. The first kappa shape index (κ1) is 19.6. The first-order valence-electron chi connectivity index (χ1n) is 8.89. The van der Waals surface area contributed by atoms with Crippen molar-refractivity contribution in [1.82, 2.24) is 15.6 Å². The molecule has 3 aromatic rings. The minimum absolute atomic E-state index is 0.110. The van der Waals surface area contributed by atoms with Crippen molar-refractivity contribution in [2.45, 2.75) is 19.6 Å². The molecule has 1 aromatic carbocycles. The summed E-state index contributed by atoms with van der Waals surface area (Å²) >= 11 is 1.46. The lowest BCUT2D eigenvalue weighted by molar-refractivity contribution is -0.121. The van der Waals surface area contributed by atoms with Crippen molar-refractivity contribution in [1.29, 1.82) is 0 Å². The quantitative estimate of drug-likeness (QED) is 0.583. The predicted molar refractivity (Wildman–Crippen MR) is 108 cm³/mol. The molecule has 2 N–H and O–H groups in total. The van der Waals surface area contributed by atoms with Gasteiger partial charge in [0.25, 0.3) is 5.91 Å². The fourth-order valence-corrected chi connectivity index (χ4v) is 3.05. The SMILES string of the molecule is O=C(CCNC(=O)c1ccsc1)NCc1ccc(OCc2ccccn2)cc1. The second-order valence-electron chi connectivity index (χ2n) is 6.05. The molecule has 0 aliphatic carbocycles. The third kappa shape index (κ3) is 6.21. The second-order valence-corrected chi connectivity index (χ2v) is 6.83. The summed E-state index contributed by atoms with van der Waals surface area (Å²) in [5.41, 5.74) is 2.46. The largest absolute Gasteiger partial charge is 0.487 e. The summed E-state index contributed by atoms with van der Waals surface area (Å²) in [4.78, 5) is 27.9. The molecule has 0 saturated heterocycles. The van der Waals surface area contributed by atoms with Gasteiger partial charge in [0.05, 0.1) is 5.69 Å². The number of carbonyl (C=O) groups is 2. The van der Waals surface area contributed by atoms with Crippen LogP contribution in [0.25, 0.3) is 0 Å². The topological polar surface area (TPSA) is 80.3 Å². The molecule has 2 heterocycles. The Hall–Kier alpha value is -3.19. The molecule has 0 bridgehead atoms. The number of aromatic nitrogens is 1. The predicted octanol–water partition coefficient (Wildman–Crippen LogP) is 3.16. The van der Waals surface area contributed by atoms with Gasteiger partial charge in [0, 0.05) is 36.7 Å². The van der Waals surface area contributed by atoms with E-state index in [1.54, 1.807) is 17.6 Å². The van der Waals surface area contributed by atoms with E-state index in [-0.39, 0.29) is 18.2 Å². The fraction of sp³-hybridized carbons (Fsp3) is 0.190. The summed E-state index contributed by atoms with van der Waals surface area (Å²) in [6, 6.07) is 15.0. The fourth-order valence-electron chi connectivity index (χ4n) is 2.42. The van der Waals surface area contributed by atoms with E-state index in [1.165, 1.54) is 11.3 Å². The molecule has 0 spiro atoms. The third-order valence-electron chi connectivity index (χ3n) is 3.95. The van der Waals surface area contributed by atoms with Crippen molar-refractivity contribution in [2.75, 3.05) is 6.54 Å². The summed E-state index contributed by atoms with van der Waals surface area (Å²) < 4.78 is 5.69. The van der Waals surface area contributed by atoms with Gasteiger partial charge in [-0.3, -0.25) is 14.6 Å². The van der Waals surface area contributed by atoms with Gasteiger partial charge >= 0.3 is 0 Å². The number of thiophene rings is 1. The molecule has 0 aliphatic rings.